The van der Waals surface area contributed by atoms with Crippen LogP contribution in [0.1, 0.15) is 0 Å². The summed E-state index contributed by atoms with van der Waals surface area (Å²) in [4.78, 5) is 11.4. The summed E-state index contributed by atoms with van der Waals surface area (Å²) in [5.41, 5.74) is 0.649. The zero-order valence-electron chi connectivity index (χ0n) is 10.1. The van der Waals surface area contributed by atoms with Crippen LogP contribution < -0.4 is 20.1 Å². The summed E-state index contributed by atoms with van der Waals surface area (Å²) in [6, 6.07) is 5.21. The van der Waals surface area contributed by atoms with Crippen molar-refractivity contribution >= 4 is 24.0 Å². The number of anilines is 1. The summed E-state index contributed by atoms with van der Waals surface area (Å²) < 4.78 is 10.2. The molecule has 0 aliphatic rings. The fraction of sp³-hybridized carbons (Fsp3) is 0.364. The third-order valence-electron chi connectivity index (χ3n) is 1.97. The van der Waals surface area contributed by atoms with Crippen LogP contribution in [0.25, 0.3) is 0 Å². The zero-order chi connectivity index (χ0) is 12.0. The summed E-state index contributed by atoms with van der Waals surface area (Å²) in [7, 11) is 4.84. The quantitative estimate of drug-likeness (QED) is 0.838. The van der Waals surface area contributed by atoms with Gasteiger partial charge in [-0.2, -0.15) is 0 Å². The molecule has 0 atom stereocenters. The Morgan fingerprint density at radius 3 is 2.12 bits per heavy atom. The first-order chi connectivity index (χ1) is 7.69. The molecule has 0 aliphatic heterocycles. The minimum Gasteiger partial charge on any atom is -0.497 e. The molecule has 0 aliphatic carbocycles. The minimum atomic E-state index is -0.113. The number of methoxy groups -OCH3 is 2. The highest BCUT2D eigenvalue weighted by molar-refractivity contribution is 5.92. The smallest absolute Gasteiger partial charge is 0.238 e. The highest BCUT2D eigenvalue weighted by atomic mass is 35.5. The summed E-state index contributed by atoms with van der Waals surface area (Å²) in [6.07, 6.45) is 0. The molecule has 96 valence electrons. The molecule has 0 unspecified atom stereocenters. The maximum absolute atomic E-state index is 11.4. The lowest BCUT2D eigenvalue weighted by molar-refractivity contribution is -0.115. The molecule has 1 rings (SSSR count). The van der Waals surface area contributed by atoms with Crippen LogP contribution in [0.3, 0.4) is 0 Å². The Morgan fingerprint density at radius 1 is 1.18 bits per heavy atom. The van der Waals surface area contributed by atoms with Crippen molar-refractivity contribution in [1.82, 2.24) is 5.32 Å². The summed E-state index contributed by atoms with van der Waals surface area (Å²) >= 11 is 0. The van der Waals surface area contributed by atoms with E-state index in [2.05, 4.69) is 10.6 Å². The number of rotatable bonds is 5. The van der Waals surface area contributed by atoms with E-state index in [1.54, 1.807) is 39.5 Å². The van der Waals surface area contributed by atoms with Crippen LogP contribution in [0, 0.1) is 0 Å². The lowest BCUT2D eigenvalue weighted by Gasteiger charge is -2.09. The fourth-order valence-corrected chi connectivity index (χ4v) is 1.25. The summed E-state index contributed by atoms with van der Waals surface area (Å²) in [6.45, 7) is 0.263. The highest BCUT2D eigenvalue weighted by Gasteiger charge is 2.04. The lowest BCUT2D eigenvalue weighted by atomic mass is 10.2. The minimum absolute atomic E-state index is 0. The monoisotopic (exact) mass is 260 g/mol. The van der Waals surface area contributed by atoms with Crippen molar-refractivity contribution in [2.75, 3.05) is 33.1 Å². The van der Waals surface area contributed by atoms with Crippen LogP contribution in [0.5, 0.6) is 11.5 Å². The van der Waals surface area contributed by atoms with Crippen molar-refractivity contribution in [3.63, 3.8) is 0 Å². The Morgan fingerprint density at radius 2 is 1.71 bits per heavy atom. The van der Waals surface area contributed by atoms with Crippen LogP contribution in [0.2, 0.25) is 0 Å². The molecule has 1 aromatic rings. The molecule has 2 N–H and O–H groups in total. The Kier molecular flexibility index (Phi) is 7.09. The number of likely N-dealkylation sites (N-methyl/N-ethyl adjacent to an activating group) is 1. The van der Waals surface area contributed by atoms with Gasteiger partial charge in [-0.3, -0.25) is 4.79 Å². The predicted octanol–water partition coefficient (Wildman–Crippen LogP) is 1.28. The maximum Gasteiger partial charge on any atom is 0.238 e. The lowest BCUT2D eigenvalue weighted by Crippen LogP contribution is -2.25. The second-order valence-electron chi connectivity index (χ2n) is 3.18. The highest BCUT2D eigenvalue weighted by Crippen LogP contribution is 2.25. The predicted molar refractivity (Wildman–Crippen MR) is 69.4 cm³/mol. The topological polar surface area (TPSA) is 59.6 Å². The van der Waals surface area contributed by atoms with Crippen LogP contribution >= 0.6 is 12.4 Å². The van der Waals surface area contributed by atoms with Gasteiger partial charge < -0.3 is 20.1 Å². The van der Waals surface area contributed by atoms with Gasteiger partial charge in [0.2, 0.25) is 5.91 Å². The van der Waals surface area contributed by atoms with Gasteiger partial charge in [-0.15, -0.1) is 12.4 Å². The zero-order valence-corrected chi connectivity index (χ0v) is 10.9. The van der Waals surface area contributed by atoms with Crippen molar-refractivity contribution < 1.29 is 14.3 Å². The van der Waals surface area contributed by atoms with E-state index in [1.165, 1.54) is 0 Å². The van der Waals surface area contributed by atoms with Crippen LogP contribution in [0.4, 0.5) is 5.69 Å². The normalized spacial score (nSPS) is 9.12. The standard InChI is InChI=1S/C11H16N2O3.ClH/c1-12-7-11(14)13-8-4-9(15-2)6-10(5-8)16-3;/h4-6,12H,7H2,1-3H3,(H,13,14);1H. The first kappa shape index (κ1) is 15.5. The van der Waals surface area contributed by atoms with Gasteiger partial charge in [0.1, 0.15) is 11.5 Å². The van der Waals surface area contributed by atoms with E-state index < -0.39 is 0 Å². The number of amides is 1. The van der Waals surface area contributed by atoms with Crippen LogP contribution in [-0.4, -0.2) is 33.7 Å². The van der Waals surface area contributed by atoms with Gasteiger partial charge in [-0.25, -0.2) is 0 Å². The number of hydrogen-bond acceptors (Lipinski definition) is 4. The van der Waals surface area contributed by atoms with E-state index in [0.29, 0.717) is 17.2 Å². The molecular weight excluding hydrogens is 244 g/mol. The summed E-state index contributed by atoms with van der Waals surface area (Å²) in [5.74, 6) is 1.16. The van der Waals surface area contributed by atoms with Crippen molar-refractivity contribution in [2.45, 2.75) is 0 Å². The molecule has 0 fully saturated rings. The number of hydrogen-bond donors (Lipinski definition) is 2. The molecule has 17 heavy (non-hydrogen) atoms. The number of ether oxygens (including phenoxy) is 2. The third kappa shape index (κ3) is 4.93. The number of nitrogens with one attached hydrogen (secondary N) is 2. The molecule has 0 heterocycles. The van der Waals surface area contributed by atoms with Gasteiger partial charge in [0.05, 0.1) is 20.8 Å². The molecule has 0 bridgehead atoms. The van der Waals surface area contributed by atoms with Gasteiger partial charge >= 0.3 is 0 Å². The molecule has 6 heteroatoms. The van der Waals surface area contributed by atoms with Gasteiger partial charge in [-0.05, 0) is 7.05 Å². The van der Waals surface area contributed by atoms with E-state index in [-0.39, 0.29) is 24.9 Å². The molecule has 5 nitrogen and oxygen atoms in total. The SMILES string of the molecule is CNCC(=O)Nc1cc(OC)cc(OC)c1.Cl. The Hall–Kier alpha value is -1.46. The van der Waals surface area contributed by atoms with Crippen molar-refractivity contribution in [2.24, 2.45) is 0 Å². The van der Waals surface area contributed by atoms with E-state index >= 15 is 0 Å². The largest absolute Gasteiger partial charge is 0.497 e. The fourth-order valence-electron chi connectivity index (χ4n) is 1.25. The van der Waals surface area contributed by atoms with Crippen molar-refractivity contribution in [3.8, 4) is 11.5 Å². The molecule has 0 saturated carbocycles. The average molecular weight is 261 g/mol. The summed E-state index contributed by atoms with van der Waals surface area (Å²) in [5, 5.41) is 5.50. The van der Waals surface area contributed by atoms with Crippen molar-refractivity contribution in [1.29, 1.82) is 0 Å². The number of carbonyl (C=O) groups excluding carboxylic acids is 1. The van der Waals surface area contributed by atoms with Crippen LogP contribution in [-0.2, 0) is 4.79 Å². The van der Waals surface area contributed by atoms with E-state index in [4.69, 9.17) is 9.47 Å². The number of benzene rings is 1. The molecule has 1 aromatic carbocycles. The van der Waals surface area contributed by atoms with Gasteiger partial charge in [0.15, 0.2) is 0 Å². The number of halogens is 1. The second-order valence-corrected chi connectivity index (χ2v) is 3.18. The Balaban J connectivity index is 0.00000256. The Bertz CT molecular complexity index is 349. The van der Waals surface area contributed by atoms with Gasteiger partial charge in [0.25, 0.3) is 0 Å². The molecule has 1 amide bonds. The third-order valence-corrected chi connectivity index (χ3v) is 1.97. The molecule has 0 aromatic heterocycles. The van der Waals surface area contributed by atoms with Crippen molar-refractivity contribution in [3.05, 3.63) is 18.2 Å². The van der Waals surface area contributed by atoms with Gasteiger partial charge in [-0.1, -0.05) is 0 Å². The number of carbonyl (C=O) groups is 1. The molecule has 0 saturated heterocycles. The average Bonchev–Trinajstić information content (AvgIpc) is 2.28. The second kappa shape index (κ2) is 7.76. The Labute approximate surface area is 107 Å². The first-order valence-corrected chi connectivity index (χ1v) is 4.87. The van der Waals surface area contributed by atoms with E-state index in [0.717, 1.165) is 0 Å². The van der Waals surface area contributed by atoms with E-state index in [9.17, 15) is 4.79 Å². The molecule has 0 radical (unpaired) electrons. The van der Waals surface area contributed by atoms with Gasteiger partial charge in [0, 0.05) is 23.9 Å². The van der Waals surface area contributed by atoms with Crippen LogP contribution in [0.15, 0.2) is 18.2 Å². The molecule has 0 spiro atoms. The molecular formula is C11H17ClN2O3. The first-order valence-electron chi connectivity index (χ1n) is 4.87. The van der Waals surface area contributed by atoms with E-state index in [1.807, 2.05) is 0 Å². The maximum atomic E-state index is 11.4.